The second-order valence-corrected chi connectivity index (χ2v) is 9.34. The molecule has 1 fully saturated rings. The molecule has 2 N–H and O–H groups in total. The highest BCUT2D eigenvalue weighted by Crippen LogP contribution is 2.35. The lowest BCUT2D eigenvalue weighted by atomic mass is 9.87. The number of hydrogen-bond donors (Lipinski definition) is 2. The van der Waals surface area contributed by atoms with Crippen LogP contribution in [0.5, 0.6) is 0 Å². The Morgan fingerprint density at radius 3 is 2.17 bits per heavy atom. The third kappa shape index (κ3) is 6.44. The van der Waals surface area contributed by atoms with Gasteiger partial charge in [-0.05, 0) is 87.5 Å². The molecule has 0 aromatic heterocycles. The van der Waals surface area contributed by atoms with E-state index in [2.05, 4.69) is 77.4 Å². The molecular formula is C32H39N3O. The first-order chi connectivity index (χ1) is 17.7. The zero-order valence-corrected chi connectivity index (χ0v) is 21.7. The van der Waals surface area contributed by atoms with Gasteiger partial charge >= 0.3 is 0 Å². The van der Waals surface area contributed by atoms with Gasteiger partial charge in [0.05, 0.1) is 0 Å². The molecule has 0 bridgehead atoms. The van der Waals surface area contributed by atoms with E-state index in [0.29, 0.717) is 0 Å². The molecule has 4 nitrogen and oxygen atoms in total. The number of carbonyl (C=O) groups excluding carboxylic acids is 1. The monoisotopic (exact) mass is 481 g/mol. The maximum atomic E-state index is 12.9. The Balaban J connectivity index is 1.59. The smallest absolute Gasteiger partial charge is 0.253 e. The Hall–Kier alpha value is -3.37. The van der Waals surface area contributed by atoms with E-state index in [4.69, 9.17) is 0 Å². The van der Waals surface area contributed by atoms with E-state index in [1.54, 1.807) is 0 Å². The quantitative estimate of drug-likeness (QED) is 0.329. The van der Waals surface area contributed by atoms with Gasteiger partial charge in [0, 0.05) is 36.4 Å². The van der Waals surface area contributed by atoms with E-state index in [9.17, 15) is 4.79 Å². The normalized spacial score (nSPS) is 13.3. The van der Waals surface area contributed by atoms with Crippen molar-refractivity contribution in [3.8, 4) is 0 Å². The molecule has 0 radical (unpaired) electrons. The number of amides is 1. The number of para-hydroxylation sites is 1. The van der Waals surface area contributed by atoms with Crippen molar-refractivity contribution in [3.63, 3.8) is 0 Å². The minimum absolute atomic E-state index is 0.100. The van der Waals surface area contributed by atoms with E-state index in [1.807, 2.05) is 30.9 Å². The summed E-state index contributed by atoms with van der Waals surface area (Å²) in [4.78, 5) is 14.7. The maximum Gasteiger partial charge on any atom is 0.253 e. The Labute approximate surface area is 216 Å². The Morgan fingerprint density at radius 1 is 0.833 bits per heavy atom. The van der Waals surface area contributed by atoms with Crippen LogP contribution in [0.2, 0.25) is 0 Å². The Bertz CT molecular complexity index is 1140. The molecule has 1 saturated heterocycles. The van der Waals surface area contributed by atoms with E-state index in [0.717, 1.165) is 64.0 Å². The topological polar surface area (TPSA) is 44.4 Å². The van der Waals surface area contributed by atoms with Crippen LogP contribution in [0.15, 0.2) is 84.4 Å². The van der Waals surface area contributed by atoms with Gasteiger partial charge in [0.25, 0.3) is 5.91 Å². The number of piperidine rings is 1. The van der Waals surface area contributed by atoms with E-state index in [1.165, 1.54) is 33.5 Å². The summed E-state index contributed by atoms with van der Waals surface area (Å²) < 4.78 is 0. The molecule has 1 aliphatic heterocycles. The number of rotatable bonds is 10. The van der Waals surface area contributed by atoms with Gasteiger partial charge in [-0.25, -0.2) is 0 Å². The van der Waals surface area contributed by atoms with Crippen molar-refractivity contribution in [1.29, 1.82) is 0 Å². The molecule has 188 valence electrons. The summed E-state index contributed by atoms with van der Waals surface area (Å²) in [6.45, 7) is 8.44. The van der Waals surface area contributed by atoms with Crippen molar-refractivity contribution < 1.29 is 4.79 Å². The molecular weight excluding hydrogens is 442 g/mol. The van der Waals surface area contributed by atoms with Gasteiger partial charge in [0.1, 0.15) is 0 Å². The maximum absolute atomic E-state index is 12.9. The average molecular weight is 482 g/mol. The summed E-state index contributed by atoms with van der Waals surface area (Å²) in [6.07, 6.45) is 4.23. The number of aryl methyl sites for hydroxylation is 1. The molecule has 0 atom stereocenters. The van der Waals surface area contributed by atoms with E-state index < -0.39 is 0 Å². The van der Waals surface area contributed by atoms with Crippen LogP contribution in [0.25, 0.3) is 5.57 Å². The second kappa shape index (κ2) is 13.1. The highest BCUT2D eigenvalue weighted by Gasteiger charge is 2.18. The molecule has 0 aliphatic carbocycles. The first-order valence-corrected chi connectivity index (χ1v) is 13.4. The fraction of sp³-hybridized carbons (Fsp3) is 0.344. The van der Waals surface area contributed by atoms with Crippen LogP contribution in [0.4, 0.5) is 5.69 Å². The number of nitrogens with one attached hydrogen (secondary N) is 2. The molecule has 4 rings (SSSR count). The van der Waals surface area contributed by atoms with E-state index >= 15 is 0 Å². The second-order valence-electron chi connectivity index (χ2n) is 9.34. The van der Waals surface area contributed by atoms with Crippen LogP contribution in [0.1, 0.15) is 60.2 Å². The zero-order chi connectivity index (χ0) is 25.2. The van der Waals surface area contributed by atoms with Crippen molar-refractivity contribution in [2.75, 3.05) is 38.0 Å². The molecule has 0 spiro atoms. The Morgan fingerprint density at radius 2 is 1.47 bits per heavy atom. The summed E-state index contributed by atoms with van der Waals surface area (Å²) in [7, 11) is 0. The number of benzene rings is 3. The minimum atomic E-state index is 0.100. The van der Waals surface area contributed by atoms with Gasteiger partial charge < -0.3 is 15.5 Å². The van der Waals surface area contributed by atoms with Crippen LogP contribution in [-0.2, 0) is 6.42 Å². The number of carbonyl (C=O) groups is 1. The SMILES string of the molecule is CCN(CC)C(=O)c1ccc(C(=C2CCNCC2)c2ccccc2NCCCc2ccccc2)cc1. The van der Waals surface area contributed by atoms with Gasteiger partial charge in [-0.3, -0.25) is 4.79 Å². The lowest BCUT2D eigenvalue weighted by Gasteiger charge is -2.24. The van der Waals surface area contributed by atoms with Gasteiger partial charge in [0.2, 0.25) is 0 Å². The molecule has 4 heteroatoms. The fourth-order valence-electron chi connectivity index (χ4n) is 5.02. The van der Waals surface area contributed by atoms with Crippen LogP contribution in [0, 0.1) is 0 Å². The summed E-state index contributed by atoms with van der Waals surface area (Å²) in [5.41, 5.74) is 8.53. The van der Waals surface area contributed by atoms with Gasteiger partial charge in [-0.15, -0.1) is 0 Å². The van der Waals surface area contributed by atoms with Gasteiger partial charge in [-0.1, -0.05) is 66.2 Å². The van der Waals surface area contributed by atoms with Gasteiger partial charge in [-0.2, -0.15) is 0 Å². The first kappa shape index (κ1) is 25.7. The third-order valence-electron chi connectivity index (χ3n) is 7.03. The molecule has 1 heterocycles. The number of nitrogens with zero attached hydrogens (tertiary/aromatic N) is 1. The average Bonchev–Trinajstić information content (AvgIpc) is 2.94. The highest BCUT2D eigenvalue weighted by atomic mass is 16.2. The van der Waals surface area contributed by atoms with Crippen molar-refractivity contribution in [3.05, 3.63) is 107 Å². The minimum Gasteiger partial charge on any atom is -0.385 e. The summed E-state index contributed by atoms with van der Waals surface area (Å²) >= 11 is 0. The first-order valence-electron chi connectivity index (χ1n) is 13.4. The largest absolute Gasteiger partial charge is 0.385 e. The van der Waals surface area contributed by atoms with Crippen LogP contribution < -0.4 is 10.6 Å². The molecule has 3 aromatic rings. The van der Waals surface area contributed by atoms with E-state index in [-0.39, 0.29) is 5.91 Å². The van der Waals surface area contributed by atoms with Crippen LogP contribution in [-0.4, -0.2) is 43.5 Å². The summed E-state index contributed by atoms with van der Waals surface area (Å²) in [6, 6.07) is 27.6. The van der Waals surface area contributed by atoms with Gasteiger partial charge in [0.15, 0.2) is 0 Å². The molecule has 3 aromatic carbocycles. The molecule has 1 aliphatic rings. The fourth-order valence-corrected chi connectivity index (χ4v) is 5.02. The molecule has 0 saturated carbocycles. The lowest BCUT2D eigenvalue weighted by molar-refractivity contribution is 0.0773. The Kier molecular flexibility index (Phi) is 9.34. The molecule has 1 amide bonds. The molecule has 0 unspecified atom stereocenters. The summed E-state index contributed by atoms with van der Waals surface area (Å²) in [5.74, 6) is 0.100. The van der Waals surface area contributed by atoms with Crippen LogP contribution in [0.3, 0.4) is 0 Å². The standard InChI is InChI=1S/C32H39N3O/c1-3-35(4-2)32(36)28-18-16-26(17-19-28)31(27-20-23-33-24-21-27)29-14-8-9-15-30(29)34-22-10-13-25-11-6-5-7-12-25/h5-9,11-12,14-19,33-34H,3-4,10,13,20-24H2,1-2H3. The van der Waals surface area contributed by atoms with Crippen molar-refractivity contribution in [2.45, 2.75) is 39.5 Å². The van der Waals surface area contributed by atoms with Crippen molar-refractivity contribution in [1.82, 2.24) is 10.2 Å². The summed E-state index contributed by atoms with van der Waals surface area (Å²) in [5, 5.41) is 7.22. The van der Waals surface area contributed by atoms with Crippen molar-refractivity contribution >= 4 is 17.2 Å². The molecule has 36 heavy (non-hydrogen) atoms. The predicted octanol–water partition coefficient (Wildman–Crippen LogP) is 6.40. The lowest BCUT2D eigenvalue weighted by Crippen LogP contribution is -2.30. The third-order valence-corrected chi connectivity index (χ3v) is 7.03. The number of hydrogen-bond acceptors (Lipinski definition) is 3. The van der Waals surface area contributed by atoms with Crippen molar-refractivity contribution in [2.24, 2.45) is 0 Å². The number of anilines is 1. The van der Waals surface area contributed by atoms with Crippen LogP contribution >= 0.6 is 0 Å². The highest BCUT2D eigenvalue weighted by molar-refractivity contribution is 5.95. The zero-order valence-electron chi connectivity index (χ0n) is 21.7. The predicted molar refractivity (Wildman–Crippen MR) is 152 cm³/mol.